The molecule has 2 aromatic rings. The van der Waals surface area contributed by atoms with Crippen molar-refractivity contribution < 1.29 is 17.6 Å². The number of halogens is 1. The van der Waals surface area contributed by atoms with Crippen molar-refractivity contribution in [1.29, 1.82) is 0 Å². The maximum atomic E-state index is 13.4. The minimum Gasteiger partial charge on any atom is -0.348 e. The zero-order chi connectivity index (χ0) is 20.1. The maximum Gasteiger partial charge on any atom is 0.243 e. The Hall–Kier alpha value is -2.29. The molecule has 2 aromatic carbocycles. The van der Waals surface area contributed by atoms with Crippen LogP contribution in [0.25, 0.3) is 0 Å². The lowest BCUT2D eigenvalue weighted by atomic mass is 10.1. The van der Waals surface area contributed by atoms with Crippen LogP contribution in [0.1, 0.15) is 18.5 Å². The first kappa shape index (κ1) is 20.4. The molecular formula is C20H24FN3O3S. The average molecular weight is 405 g/mol. The van der Waals surface area contributed by atoms with E-state index in [-0.39, 0.29) is 36.5 Å². The number of carbonyl (C=O) groups is 1. The topological polar surface area (TPSA) is 69.7 Å². The number of hydrogen-bond acceptors (Lipinski definition) is 4. The Kier molecular flexibility index (Phi) is 6.43. The monoisotopic (exact) mass is 405 g/mol. The summed E-state index contributed by atoms with van der Waals surface area (Å²) >= 11 is 0. The molecule has 1 aliphatic rings. The van der Waals surface area contributed by atoms with E-state index in [0.29, 0.717) is 13.1 Å². The molecule has 0 aromatic heterocycles. The van der Waals surface area contributed by atoms with Gasteiger partial charge < -0.3 is 5.32 Å². The zero-order valence-electron chi connectivity index (χ0n) is 15.7. The van der Waals surface area contributed by atoms with E-state index in [1.54, 1.807) is 0 Å². The van der Waals surface area contributed by atoms with Crippen molar-refractivity contribution in [2.75, 3.05) is 32.7 Å². The van der Waals surface area contributed by atoms with Crippen LogP contribution in [0.2, 0.25) is 0 Å². The summed E-state index contributed by atoms with van der Waals surface area (Å²) in [6, 6.07) is 14.6. The molecular weight excluding hydrogens is 381 g/mol. The van der Waals surface area contributed by atoms with Gasteiger partial charge in [-0.25, -0.2) is 12.8 Å². The van der Waals surface area contributed by atoms with Crippen molar-refractivity contribution >= 4 is 15.9 Å². The highest BCUT2D eigenvalue weighted by Gasteiger charge is 2.29. The van der Waals surface area contributed by atoms with Gasteiger partial charge in [-0.15, -0.1) is 0 Å². The standard InChI is InChI=1S/C20H24FN3O3S/c1-16(17-6-3-2-4-7-17)22-20(25)15-23-10-12-24(13-11-23)28(26,27)19-9-5-8-18(21)14-19/h2-9,14,16H,10-13,15H2,1H3,(H,22,25)/t16-/m0/s1. The Balaban J connectivity index is 1.52. The van der Waals surface area contributed by atoms with Gasteiger partial charge in [0.05, 0.1) is 17.5 Å². The van der Waals surface area contributed by atoms with Crippen LogP contribution in [-0.2, 0) is 14.8 Å². The zero-order valence-corrected chi connectivity index (χ0v) is 16.5. The molecule has 0 radical (unpaired) electrons. The van der Waals surface area contributed by atoms with E-state index >= 15 is 0 Å². The molecule has 1 N–H and O–H groups in total. The smallest absolute Gasteiger partial charge is 0.243 e. The summed E-state index contributed by atoms with van der Waals surface area (Å²) in [7, 11) is -3.73. The fourth-order valence-electron chi connectivity index (χ4n) is 3.22. The number of hydrogen-bond donors (Lipinski definition) is 1. The van der Waals surface area contributed by atoms with Gasteiger partial charge in [-0.05, 0) is 30.7 Å². The van der Waals surface area contributed by atoms with Gasteiger partial charge in [0.25, 0.3) is 0 Å². The van der Waals surface area contributed by atoms with Crippen LogP contribution in [0.5, 0.6) is 0 Å². The van der Waals surface area contributed by atoms with Gasteiger partial charge in [0.15, 0.2) is 0 Å². The Bertz CT molecular complexity index is 913. The summed E-state index contributed by atoms with van der Waals surface area (Å²) < 4.78 is 40.0. The number of piperazine rings is 1. The second-order valence-corrected chi connectivity index (χ2v) is 8.78. The maximum absolute atomic E-state index is 13.4. The summed E-state index contributed by atoms with van der Waals surface area (Å²) in [6.45, 7) is 3.56. The Morgan fingerprint density at radius 3 is 2.39 bits per heavy atom. The van der Waals surface area contributed by atoms with Crippen LogP contribution in [0, 0.1) is 5.82 Å². The van der Waals surface area contributed by atoms with Crippen LogP contribution in [0.4, 0.5) is 4.39 Å². The van der Waals surface area contributed by atoms with Gasteiger partial charge >= 0.3 is 0 Å². The van der Waals surface area contributed by atoms with Crippen molar-refractivity contribution in [3.63, 3.8) is 0 Å². The van der Waals surface area contributed by atoms with Gasteiger partial charge in [0.1, 0.15) is 5.82 Å². The van der Waals surface area contributed by atoms with E-state index < -0.39 is 15.8 Å². The lowest BCUT2D eigenvalue weighted by Gasteiger charge is -2.33. The third kappa shape index (κ3) is 4.95. The number of sulfonamides is 1. The van der Waals surface area contributed by atoms with E-state index in [0.717, 1.165) is 11.6 Å². The van der Waals surface area contributed by atoms with E-state index in [1.165, 1.54) is 22.5 Å². The molecule has 1 atom stereocenters. The molecule has 1 fully saturated rings. The number of nitrogens with one attached hydrogen (secondary N) is 1. The van der Waals surface area contributed by atoms with Gasteiger partial charge in [-0.1, -0.05) is 36.4 Å². The van der Waals surface area contributed by atoms with Crippen molar-refractivity contribution in [1.82, 2.24) is 14.5 Å². The van der Waals surface area contributed by atoms with Crippen LogP contribution in [-0.4, -0.2) is 56.3 Å². The third-order valence-electron chi connectivity index (χ3n) is 4.81. The van der Waals surface area contributed by atoms with Crippen LogP contribution >= 0.6 is 0 Å². The van der Waals surface area contributed by atoms with E-state index in [1.807, 2.05) is 42.2 Å². The SMILES string of the molecule is C[C@H](NC(=O)CN1CCN(S(=O)(=O)c2cccc(F)c2)CC1)c1ccccc1. The Morgan fingerprint density at radius 1 is 1.07 bits per heavy atom. The lowest BCUT2D eigenvalue weighted by Crippen LogP contribution is -2.51. The molecule has 1 saturated heterocycles. The molecule has 0 bridgehead atoms. The molecule has 1 aliphatic heterocycles. The first-order valence-electron chi connectivity index (χ1n) is 9.18. The van der Waals surface area contributed by atoms with Gasteiger partial charge in [0, 0.05) is 26.2 Å². The molecule has 6 nitrogen and oxygen atoms in total. The fraction of sp³-hybridized carbons (Fsp3) is 0.350. The van der Waals surface area contributed by atoms with Gasteiger partial charge in [-0.3, -0.25) is 9.69 Å². The number of amides is 1. The predicted octanol–water partition coefficient (Wildman–Crippen LogP) is 2.01. The number of nitrogens with zero attached hydrogens (tertiary/aromatic N) is 2. The van der Waals surface area contributed by atoms with E-state index in [4.69, 9.17) is 0 Å². The fourth-order valence-corrected chi connectivity index (χ4v) is 4.67. The molecule has 150 valence electrons. The van der Waals surface area contributed by atoms with Crippen molar-refractivity contribution in [2.45, 2.75) is 17.9 Å². The van der Waals surface area contributed by atoms with Crippen LogP contribution in [0.3, 0.4) is 0 Å². The normalized spacial score (nSPS) is 17.2. The summed E-state index contributed by atoms with van der Waals surface area (Å²) in [5.74, 6) is -0.679. The van der Waals surface area contributed by atoms with E-state index in [9.17, 15) is 17.6 Å². The van der Waals surface area contributed by atoms with Crippen LogP contribution < -0.4 is 5.32 Å². The number of rotatable bonds is 6. The molecule has 0 saturated carbocycles. The molecule has 3 rings (SSSR count). The minimum absolute atomic E-state index is 0.0459. The largest absolute Gasteiger partial charge is 0.348 e. The van der Waals surface area contributed by atoms with Crippen LogP contribution in [0.15, 0.2) is 59.5 Å². The number of carbonyl (C=O) groups excluding carboxylic acids is 1. The second-order valence-electron chi connectivity index (χ2n) is 6.84. The highest BCUT2D eigenvalue weighted by Crippen LogP contribution is 2.18. The van der Waals surface area contributed by atoms with Gasteiger partial charge in [-0.2, -0.15) is 4.31 Å². The summed E-state index contributed by atoms with van der Waals surface area (Å²) in [5.41, 5.74) is 1.03. The highest BCUT2D eigenvalue weighted by atomic mass is 32.2. The first-order chi connectivity index (χ1) is 13.4. The number of benzene rings is 2. The van der Waals surface area contributed by atoms with Gasteiger partial charge in [0.2, 0.25) is 15.9 Å². The summed E-state index contributed by atoms with van der Waals surface area (Å²) in [6.07, 6.45) is 0. The molecule has 0 unspecified atom stereocenters. The van der Waals surface area contributed by atoms with Crippen molar-refractivity contribution in [2.24, 2.45) is 0 Å². The highest BCUT2D eigenvalue weighted by molar-refractivity contribution is 7.89. The first-order valence-corrected chi connectivity index (χ1v) is 10.6. The van der Waals surface area contributed by atoms with Crippen molar-refractivity contribution in [3.8, 4) is 0 Å². The molecule has 0 aliphatic carbocycles. The lowest BCUT2D eigenvalue weighted by molar-refractivity contribution is -0.123. The molecule has 28 heavy (non-hydrogen) atoms. The summed E-state index contributed by atoms with van der Waals surface area (Å²) in [4.78, 5) is 14.2. The molecule has 0 spiro atoms. The van der Waals surface area contributed by atoms with Crippen molar-refractivity contribution in [3.05, 3.63) is 66.0 Å². The molecule has 8 heteroatoms. The predicted molar refractivity (Wildman–Crippen MR) is 105 cm³/mol. The minimum atomic E-state index is -3.73. The Morgan fingerprint density at radius 2 is 1.75 bits per heavy atom. The molecule has 1 heterocycles. The quantitative estimate of drug-likeness (QED) is 0.798. The average Bonchev–Trinajstić information content (AvgIpc) is 2.69. The Labute approximate surface area is 165 Å². The van der Waals surface area contributed by atoms with E-state index in [2.05, 4.69) is 5.32 Å². The summed E-state index contributed by atoms with van der Waals surface area (Å²) in [5, 5.41) is 2.96. The third-order valence-corrected chi connectivity index (χ3v) is 6.70. The molecule has 1 amide bonds. The second kappa shape index (κ2) is 8.81.